The van der Waals surface area contributed by atoms with Gasteiger partial charge in [-0.3, -0.25) is 14.2 Å². The lowest BCUT2D eigenvalue weighted by Crippen LogP contribution is -2.33. The van der Waals surface area contributed by atoms with E-state index in [2.05, 4.69) is 4.98 Å². The van der Waals surface area contributed by atoms with E-state index in [1.165, 1.54) is 31.2 Å². The molecule has 1 N–H and O–H groups in total. The number of nitrogens with one attached hydrogen (secondary N) is 1. The molecule has 10 heteroatoms. The van der Waals surface area contributed by atoms with Crippen molar-refractivity contribution in [3.8, 4) is 11.5 Å². The molecule has 26 heavy (non-hydrogen) atoms. The SMILES string of the molecule is COc1cc2ncn(CCCC(=O)NCC(F)(F)F)c(=O)c2cc1OC. The summed E-state index contributed by atoms with van der Waals surface area (Å²) in [5.74, 6) is 0.0877. The zero-order valence-corrected chi connectivity index (χ0v) is 14.2. The third-order valence-electron chi connectivity index (χ3n) is 3.62. The molecular weight excluding hydrogens is 355 g/mol. The number of hydrogen-bond donors (Lipinski definition) is 1. The number of aromatic nitrogens is 2. The molecule has 142 valence electrons. The molecule has 0 bridgehead atoms. The number of ether oxygens (including phenoxy) is 2. The first-order chi connectivity index (χ1) is 12.2. The first kappa shape index (κ1) is 19.5. The summed E-state index contributed by atoms with van der Waals surface area (Å²) in [5.41, 5.74) is 0.0819. The van der Waals surface area contributed by atoms with Crippen LogP contribution in [0, 0.1) is 0 Å². The van der Waals surface area contributed by atoms with Gasteiger partial charge in [-0.05, 0) is 12.5 Å². The summed E-state index contributed by atoms with van der Waals surface area (Å²) in [6.45, 7) is -1.22. The van der Waals surface area contributed by atoms with E-state index < -0.39 is 18.6 Å². The summed E-state index contributed by atoms with van der Waals surface area (Å²) in [6, 6.07) is 3.08. The van der Waals surface area contributed by atoms with Gasteiger partial charge >= 0.3 is 6.18 Å². The van der Waals surface area contributed by atoms with Gasteiger partial charge in [0.15, 0.2) is 11.5 Å². The Labute approximate surface area is 146 Å². The maximum atomic E-state index is 12.5. The molecule has 0 spiro atoms. The zero-order chi connectivity index (χ0) is 19.3. The molecule has 0 atom stereocenters. The van der Waals surface area contributed by atoms with Gasteiger partial charge in [-0.2, -0.15) is 13.2 Å². The third-order valence-corrected chi connectivity index (χ3v) is 3.62. The normalized spacial score (nSPS) is 11.4. The zero-order valence-electron chi connectivity index (χ0n) is 14.2. The average molecular weight is 373 g/mol. The predicted molar refractivity (Wildman–Crippen MR) is 87.4 cm³/mol. The highest BCUT2D eigenvalue weighted by atomic mass is 19.4. The van der Waals surface area contributed by atoms with Crippen LogP contribution in [0.4, 0.5) is 13.2 Å². The van der Waals surface area contributed by atoms with Crippen molar-refractivity contribution in [2.75, 3.05) is 20.8 Å². The van der Waals surface area contributed by atoms with Crippen LogP contribution in [-0.4, -0.2) is 42.4 Å². The average Bonchev–Trinajstić information content (AvgIpc) is 2.60. The Morgan fingerprint density at radius 1 is 1.23 bits per heavy atom. The van der Waals surface area contributed by atoms with Crippen molar-refractivity contribution in [3.05, 3.63) is 28.8 Å². The largest absolute Gasteiger partial charge is 0.493 e. The van der Waals surface area contributed by atoms with Crippen molar-refractivity contribution in [2.45, 2.75) is 25.6 Å². The molecule has 0 saturated heterocycles. The van der Waals surface area contributed by atoms with E-state index in [1.54, 1.807) is 11.4 Å². The molecule has 0 radical (unpaired) electrons. The minimum Gasteiger partial charge on any atom is -0.493 e. The van der Waals surface area contributed by atoms with E-state index in [1.807, 2.05) is 0 Å². The van der Waals surface area contributed by atoms with Crippen LogP contribution in [0.3, 0.4) is 0 Å². The first-order valence-electron chi connectivity index (χ1n) is 7.70. The monoisotopic (exact) mass is 373 g/mol. The highest BCUT2D eigenvalue weighted by Crippen LogP contribution is 2.29. The van der Waals surface area contributed by atoms with Crippen LogP contribution in [0.2, 0.25) is 0 Å². The number of rotatable bonds is 7. The maximum Gasteiger partial charge on any atom is 0.405 e. The Morgan fingerprint density at radius 3 is 2.50 bits per heavy atom. The molecule has 0 unspecified atom stereocenters. The van der Waals surface area contributed by atoms with Gasteiger partial charge in [-0.1, -0.05) is 0 Å². The summed E-state index contributed by atoms with van der Waals surface area (Å²) in [7, 11) is 2.91. The number of alkyl halides is 3. The molecule has 2 aromatic rings. The van der Waals surface area contributed by atoms with E-state index in [0.717, 1.165) is 0 Å². The van der Waals surface area contributed by atoms with Crippen molar-refractivity contribution >= 4 is 16.8 Å². The van der Waals surface area contributed by atoms with Crippen molar-refractivity contribution < 1.29 is 27.4 Å². The topological polar surface area (TPSA) is 82.5 Å². The van der Waals surface area contributed by atoms with Crippen molar-refractivity contribution in [1.29, 1.82) is 0 Å². The second kappa shape index (κ2) is 8.07. The molecule has 0 aliphatic heterocycles. The predicted octanol–water partition coefficient (Wildman–Crippen LogP) is 1.87. The molecule has 7 nitrogen and oxygen atoms in total. The number of amides is 1. The first-order valence-corrected chi connectivity index (χ1v) is 7.70. The Kier molecular flexibility index (Phi) is 6.06. The van der Waals surface area contributed by atoms with Crippen molar-refractivity contribution in [3.63, 3.8) is 0 Å². The number of nitrogens with zero attached hydrogens (tertiary/aromatic N) is 2. The Bertz CT molecular complexity index is 849. The molecule has 1 aromatic carbocycles. The summed E-state index contributed by atoms with van der Waals surface area (Å²) in [6.07, 6.45) is -3.06. The van der Waals surface area contributed by atoms with E-state index in [0.29, 0.717) is 22.4 Å². The van der Waals surface area contributed by atoms with Crippen LogP contribution in [0.25, 0.3) is 10.9 Å². The van der Waals surface area contributed by atoms with Gasteiger partial charge in [-0.25, -0.2) is 4.98 Å². The fourth-order valence-corrected chi connectivity index (χ4v) is 2.34. The van der Waals surface area contributed by atoms with Gasteiger partial charge in [-0.15, -0.1) is 0 Å². The molecule has 0 fully saturated rings. The number of methoxy groups -OCH3 is 2. The summed E-state index contributed by atoms with van der Waals surface area (Å²) >= 11 is 0. The fraction of sp³-hybridized carbons (Fsp3) is 0.438. The molecule has 0 saturated carbocycles. The standard InChI is InChI=1S/C16H18F3N3O4/c1-25-12-6-10-11(7-13(12)26-2)21-9-22(15(10)24)5-3-4-14(23)20-8-16(17,18)19/h6-7,9H,3-5,8H2,1-2H3,(H,20,23). The summed E-state index contributed by atoms with van der Waals surface area (Å²) < 4.78 is 47.7. The van der Waals surface area contributed by atoms with Gasteiger partial charge in [0.2, 0.25) is 5.91 Å². The van der Waals surface area contributed by atoms with Crippen LogP contribution in [0.5, 0.6) is 11.5 Å². The van der Waals surface area contributed by atoms with Crippen LogP contribution in [0.15, 0.2) is 23.3 Å². The van der Waals surface area contributed by atoms with E-state index >= 15 is 0 Å². The van der Waals surface area contributed by atoms with Crippen LogP contribution in [0.1, 0.15) is 12.8 Å². The van der Waals surface area contributed by atoms with Gasteiger partial charge in [0.05, 0.1) is 31.4 Å². The molecule has 2 rings (SSSR count). The molecule has 1 heterocycles. The van der Waals surface area contributed by atoms with E-state index in [4.69, 9.17) is 9.47 Å². The number of hydrogen-bond acceptors (Lipinski definition) is 5. The number of fused-ring (bicyclic) bond motifs is 1. The minimum atomic E-state index is -4.45. The number of carbonyl (C=O) groups excluding carboxylic acids is 1. The van der Waals surface area contributed by atoms with Crippen LogP contribution < -0.4 is 20.3 Å². The lowest BCUT2D eigenvalue weighted by molar-refractivity contribution is -0.138. The molecule has 1 aromatic heterocycles. The molecule has 1 amide bonds. The quantitative estimate of drug-likeness (QED) is 0.801. The lowest BCUT2D eigenvalue weighted by Gasteiger charge is -2.11. The summed E-state index contributed by atoms with van der Waals surface area (Å²) in [5, 5.41) is 2.10. The summed E-state index contributed by atoms with van der Waals surface area (Å²) in [4.78, 5) is 28.1. The van der Waals surface area contributed by atoms with Crippen LogP contribution >= 0.6 is 0 Å². The van der Waals surface area contributed by atoms with Gasteiger partial charge in [0.1, 0.15) is 6.54 Å². The molecular formula is C16H18F3N3O4. The van der Waals surface area contributed by atoms with Crippen molar-refractivity contribution in [2.24, 2.45) is 0 Å². The van der Waals surface area contributed by atoms with Crippen molar-refractivity contribution in [1.82, 2.24) is 14.9 Å². The fourth-order valence-electron chi connectivity index (χ4n) is 2.34. The Hall–Kier alpha value is -2.78. The Balaban J connectivity index is 2.07. The van der Waals surface area contributed by atoms with E-state index in [9.17, 15) is 22.8 Å². The maximum absolute atomic E-state index is 12.5. The van der Waals surface area contributed by atoms with Gasteiger partial charge < -0.3 is 14.8 Å². The second-order valence-electron chi connectivity index (χ2n) is 5.46. The lowest BCUT2D eigenvalue weighted by atomic mass is 10.2. The Morgan fingerprint density at radius 2 is 1.88 bits per heavy atom. The highest BCUT2D eigenvalue weighted by molar-refractivity contribution is 5.81. The smallest absolute Gasteiger partial charge is 0.405 e. The van der Waals surface area contributed by atoms with Gasteiger partial charge in [0.25, 0.3) is 5.56 Å². The number of carbonyl (C=O) groups is 1. The third kappa shape index (κ3) is 4.87. The van der Waals surface area contributed by atoms with E-state index in [-0.39, 0.29) is 24.9 Å². The van der Waals surface area contributed by atoms with Crippen LogP contribution in [-0.2, 0) is 11.3 Å². The number of aryl methyl sites for hydroxylation is 1. The number of benzene rings is 1. The number of halogens is 3. The highest BCUT2D eigenvalue weighted by Gasteiger charge is 2.27. The molecule has 0 aliphatic rings. The minimum absolute atomic E-state index is 0.132. The molecule has 0 aliphatic carbocycles. The van der Waals surface area contributed by atoms with Gasteiger partial charge in [0, 0.05) is 19.0 Å². The second-order valence-corrected chi connectivity index (χ2v) is 5.46.